The van der Waals surface area contributed by atoms with Crippen molar-refractivity contribution in [3.8, 4) is 5.75 Å². The Morgan fingerprint density at radius 1 is 1.38 bits per heavy atom. The molecule has 0 aliphatic carbocycles. The molecular formula is C12H12O4. The predicted molar refractivity (Wildman–Crippen MR) is 59.1 cm³/mol. The molecular weight excluding hydrogens is 208 g/mol. The molecule has 84 valence electrons. The molecule has 0 aliphatic rings. The third-order valence-electron chi connectivity index (χ3n) is 1.93. The third-order valence-corrected chi connectivity index (χ3v) is 1.93. The van der Waals surface area contributed by atoms with Gasteiger partial charge < -0.3 is 9.84 Å². The monoisotopic (exact) mass is 220 g/mol. The average Bonchev–Trinajstić information content (AvgIpc) is 2.25. The Balaban J connectivity index is 3.13. The first kappa shape index (κ1) is 12.0. The van der Waals surface area contributed by atoms with E-state index in [1.807, 2.05) is 0 Å². The van der Waals surface area contributed by atoms with Crippen LogP contribution in [0.4, 0.5) is 0 Å². The largest absolute Gasteiger partial charge is 0.490 e. The van der Waals surface area contributed by atoms with E-state index in [1.54, 1.807) is 6.08 Å². The fourth-order valence-corrected chi connectivity index (χ4v) is 1.16. The summed E-state index contributed by atoms with van der Waals surface area (Å²) in [7, 11) is 0. The Bertz CT molecular complexity index is 402. The van der Waals surface area contributed by atoms with Crippen LogP contribution in [-0.4, -0.2) is 23.5 Å². The number of aromatic carboxylic acids is 1. The first-order valence-electron chi connectivity index (χ1n) is 4.67. The van der Waals surface area contributed by atoms with Crippen molar-refractivity contribution < 1.29 is 19.4 Å². The normalized spacial score (nSPS) is 9.56. The molecule has 1 aromatic rings. The van der Waals surface area contributed by atoms with Gasteiger partial charge in [0.1, 0.15) is 12.4 Å². The number of ketones is 1. The van der Waals surface area contributed by atoms with Gasteiger partial charge in [0.25, 0.3) is 0 Å². The minimum atomic E-state index is -1.09. The molecule has 0 unspecified atom stereocenters. The summed E-state index contributed by atoms with van der Waals surface area (Å²) in [6.07, 6.45) is 1.54. The highest BCUT2D eigenvalue weighted by Gasteiger charge is 2.10. The number of carboxylic acids is 1. The van der Waals surface area contributed by atoms with E-state index in [2.05, 4.69) is 6.58 Å². The van der Waals surface area contributed by atoms with Crippen LogP contribution >= 0.6 is 0 Å². The zero-order valence-corrected chi connectivity index (χ0v) is 8.90. The van der Waals surface area contributed by atoms with Gasteiger partial charge in [0.05, 0.1) is 5.56 Å². The van der Waals surface area contributed by atoms with E-state index in [1.165, 1.54) is 25.1 Å². The standard InChI is InChI=1S/C12H12O4/c1-3-4-16-11-6-9(8(2)13)5-10(7-11)12(14)15/h3,5-7H,1,4H2,2H3,(H,14,15). The minimum Gasteiger partial charge on any atom is -0.490 e. The topological polar surface area (TPSA) is 63.6 Å². The van der Waals surface area contributed by atoms with E-state index in [0.29, 0.717) is 11.3 Å². The van der Waals surface area contributed by atoms with E-state index in [4.69, 9.17) is 9.84 Å². The Morgan fingerprint density at radius 3 is 2.50 bits per heavy atom. The van der Waals surface area contributed by atoms with E-state index < -0.39 is 5.97 Å². The fraction of sp³-hybridized carbons (Fsp3) is 0.167. The lowest BCUT2D eigenvalue weighted by Crippen LogP contribution is -2.03. The summed E-state index contributed by atoms with van der Waals surface area (Å²) in [6.45, 7) is 5.12. The van der Waals surface area contributed by atoms with E-state index in [-0.39, 0.29) is 18.0 Å². The summed E-state index contributed by atoms with van der Waals surface area (Å²) in [6, 6.07) is 4.21. The molecule has 0 saturated heterocycles. The number of benzene rings is 1. The number of carbonyl (C=O) groups excluding carboxylic acids is 1. The molecule has 0 saturated carbocycles. The lowest BCUT2D eigenvalue weighted by Gasteiger charge is -2.06. The maximum absolute atomic E-state index is 11.2. The zero-order valence-electron chi connectivity index (χ0n) is 8.90. The molecule has 0 spiro atoms. The Morgan fingerprint density at radius 2 is 2.00 bits per heavy atom. The summed E-state index contributed by atoms with van der Waals surface area (Å²) < 4.78 is 5.20. The minimum absolute atomic E-state index is 0.0340. The van der Waals surface area contributed by atoms with Gasteiger partial charge >= 0.3 is 5.97 Å². The molecule has 16 heavy (non-hydrogen) atoms. The number of hydrogen-bond acceptors (Lipinski definition) is 3. The van der Waals surface area contributed by atoms with Gasteiger partial charge in [-0.15, -0.1) is 0 Å². The van der Waals surface area contributed by atoms with E-state index >= 15 is 0 Å². The van der Waals surface area contributed by atoms with Crippen molar-refractivity contribution in [3.05, 3.63) is 42.0 Å². The van der Waals surface area contributed by atoms with Crippen molar-refractivity contribution in [2.75, 3.05) is 6.61 Å². The van der Waals surface area contributed by atoms with Gasteiger partial charge in [-0.1, -0.05) is 12.7 Å². The zero-order chi connectivity index (χ0) is 12.1. The van der Waals surface area contributed by atoms with Crippen molar-refractivity contribution in [3.63, 3.8) is 0 Å². The van der Waals surface area contributed by atoms with Crippen molar-refractivity contribution in [1.29, 1.82) is 0 Å². The van der Waals surface area contributed by atoms with E-state index in [9.17, 15) is 9.59 Å². The SMILES string of the molecule is C=CCOc1cc(C(C)=O)cc(C(=O)O)c1. The predicted octanol–water partition coefficient (Wildman–Crippen LogP) is 2.15. The number of Topliss-reactive ketones (excluding diaryl/α,β-unsaturated/α-hetero) is 1. The average molecular weight is 220 g/mol. The first-order valence-corrected chi connectivity index (χ1v) is 4.67. The number of rotatable bonds is 5. The molecule has 1 aromatic carbocycles. The van der Waals surface area contributed by atoms with Crippen LogP contribution in [0.2, 0.25) is 0 Å². The van der Waals surface area contributed by atoms with Gasteiger partial charge in [-0.05, 0) is 25.1 Å². The molecule has 0 atom stereocenters. The highest BCUT2D eigenvalue weighted by Crippen LogP contribution is 2.18. The molecule has 4 nitrogen and oxygen atoms in total. The quantitative estimate of drug-likeness (QED) is 0.610. The molecule has 0 bridgehead atoms. The molecule has 1 rings (SSSR count). The maximum atomic E-state index is 11.2. The number of carbonyl (C=O) groups is 2. The van der Waals surface area contributed by atoms with Crippen LogP contribution in [-0.2, 0) is 0 Å². The van der Waals surface area contributed by atoms with Crippen molar-refractivity contribution in [2.45, 2.75) is 6.92 Å². The third kappa shape index (κ3) is 2.95. The van der Waals surface area contributed by atoms with Crippen LogP contribution in [0.25, 0.3) is 0 Å². The second-order valence-electron chi connectivity index (χ2n) is 3.21. The lowest BCUT2D eigenvalue weighted by molar-refractivity contribution is 0.0696. The van der Waals surface area contributed by atoms with E-state index in [0.717, 1.165) is 0 Å². The Kier molecular flexibility index (Phi) is 3.83. The highest BCUT2D eigenvalue weighted by molar-refractivity contribution is 5.98. The second kappa shape index (κ2) is 5.11. The summed E-state index contributed by atoms with van der Waals surface area (Å²) in [5.74, 6) is -0.942. The van der Waals surface area contributed by atoms with Gasteiger partial charge in [0.2, 0.25) is 0 Å². The summed E-state index contributed by atoms with van der Waals surface area (Å²) in [5.41, 5.74) is 0.353. The molecule has 1 N–H and O–H groups in total. The molecule has 4 heteroatoms. The van der Waals surface area contributed by atoms with Gasteiger partial charge in [-0.25, -0.2) is 4.79 Å². The van der Waals surface area contributed by atoms with Crippen LogP contribution in [0.1, 0.15) is 27.6 Å². The van der Waals surface area contributed by atoms with Crippen LogP contribution in [0, 0.1) is 0 Å². The van der Waals surface area contributed by atoms with Crippen molar-refractivity contribution in [1.82, 2.24) is 0 Å². The molecule has 0 aliphatic heterocycles. The van der Waals surface area contributed by atoms with Crippen LogP contribution in [0.3, 0.4) is 0 Å². The van der Waals surface area contributed by atoms with Gasteiger partial charge in [-0.3, -0.25) is 4.79 Å². The van der Waals surface area contributed by atoms with Crippen LogP contribution in [0.15, 0.2) is 30.9 Å². The smallest absolute Gasteiger partial charge is 0.335 e. The summed E-state index contributed by atoms with van der Waals surface area (Å²) in [4.78, 5) is 22.0. The Hall–Kier alpha value is -2.10. The van der Waals surface area contributed by atoms with Crippen molar-refractivity contribution >= 4 is 11.8 Å². The first-order chi connectivity index (χ1) is 7.54. The van der Waals surface area contributed by atoms with Crippen LogP contribution in [0.5, 0.6) is 5.75 Å². The van der Waals surface area contributed by atoms with Crippen LogP contribution < -0.4 is 4.74 Å². The molecule has 0 fully saturated rings. The molecule has 0 amide bonds. The molecule has 0 heterocycles. The maximum Gasteiger partial charge on any atom is 0.335 e. The number of ether oxygens (including phenoxy) is 1. The highest BCUT2D eigenvalue weighted by atomic mass is 16.5. The van der Waals surface area contributed by atoms with Crippen molar-refractivity contribution in [2.24, 2.45) is 0 Å². The van der Waals surface area contributed by atoms with Gasteiger partial charge in [0.15, 0.2) is 5.78 Å². The molecule has 0 radical (unpaired) electrons. The van der Waals surface area contributed by atoms with Gasteiger partial charge in [-0.2, -0.15) is 0 Å². The lowest BCUT2D eigenvalue weighted by atomic mass is 10.1. The number of carboxylic acid groups (broad SMARTS) is 1. The van der Waals surface area contributed by atoms with Gasteiger partial charge in [0, 0.05) is 5.56 Å². The Labute approximate surface area is 93.2 Å². The number of hydrogen-bond donors (Lipinski definition) is 1. The summed E-state index contributed by atoms with van der Waals surface area (Å²) >= 11 is 0. The second-order valence-corrected chi connectivity index (χ2v) is 3.21. The fourth-order valence-electron chi connectivity index (χ4n) is 1.16. The molecule has 0 aromatic heterocycles. The summed E-state index contributed by atoms with van der Waals surface area (Å²) in [5, 5.41) is 8.85.